The van der Waals surface area contributed by atoms with Crippen LogP contribution in [0, 0.1) is 0 Å². The van der Waals surface area contributed by atoms with Crippen molar-refractivity contribution in [2.45, 2.75) is 35.5 Å². The molecular weight excluding hydrogens is 394 g/mol. The lowest BCUT2D eigenvalue weighted by Gasteiger charge is -2.20. The quantitative estimate of drug-likeness (QED) is 0.693. The summed E-state index contributed by atoms with van der Waals surface area (Å²) in [7, 11) is -3.69. The largest absolute Gasteiger partial charge is 0.325 e. The summed E-state index contributed by atoms with van der Waals surface area (Å²) in [6, 6.07) is 13.3. The van der Waals surface area contributed by atoms with Crippen LogP contribution in [-0.2, 0) is 10.0 Å². The highest BCUT2D eigenvalue weighted by Gasteiger charge is 2.17. The predicted octanol–water partition coefficient (Wildman–Crippen LogP) is 4.62. The second-order valence-electron chi connectivity index (χ2n) is 6.69. The molecule has 28 heavy (non-hydrogen) atoms. The van der Waals surface area contributed by atoms with Gasteiger partial charge in [0.2, 0.25) is 0 Å². The molecule has 0 bridgehead atoms. The summed E-state index contributed by atoms with van der Waals surface area (Å²) in [6.07, 6.45) is 6.29. The van der Waals surface area contributed by atoms with Crippen LogP contribution >= 0.6 is 11.8 Å². The Morgan fingerprint density at radius 3 is 2.29 bits per heavy atom. The van der Waals surface area contributed by atoms with Gasteiger partial charge in [0, 0.05) is 29.4 Å². The number of hydrogen-bond acceptors (Lipinski definition) is 4. The first kappa shape index (κ1) is 20.5. The Morgan fingerprint density at radius 1 is 0.964 bits per heavy atom. The van der Waals surface area contributed by atoms with Crippen LogP contribution in [0.3, 0.4) is 0 Å². The molecule has 1 aliphatic rings. The fourth-order valence-electron chi connectivity index (χ4n) is 3.09. The molecular formula is C20H25N3O3S2. The number of rotatable bonds is 5. The molecule has 0 atom stereocenters. The molecule has 0 aromatic heterocycles. The molecule has 2 N–H and O–H groups in total. The fraction of sp³-hybridized carbons (Fsp3) is 0.350. The molecule has 0 radical (unpaired) electrons. The zero-order valence-corrected chi connectivity index (χ0v) is 17.5. The maximum absolute atomic E-state index is 12.6. The van der Waals surface area contributed by atoms with Gasteiger partial charge in [-0.1, -0.05) is 18.9 Å². The summed E-state index contributed by atoms with van der Waals surface area (Å²) in [6.45, 7) is 1.52. The second kappa shape index (κ2) is 9.34. The van der Waals surface area contributed by atoms with Crippen LogP contribution in [0.4, 0.5) is 16.2 Å². The van der Waals surface area contributed by atoms with Crippen LogP contribution in [0.1, 0.15) is 25.7 Å². The number of carbonyl (C=O) groups excluding carboxylic acids is 1. The standard InChI is InChI=1S/C20H25N3O3S2/c1-27-18-8-6-7-17(15-18)22-28(25,26)19-11-9-16(10-12-19)21-20(24)23-13-4-2-3-5-14-23/h6-12,15,22H,2-5,13-14H2,1H3,(H,21,24). The minimum absolute atomic E-state index is 0.135. The van der Waals surface area contributed by atoms with Crippen molar-refractivity contribution in [1.82, 2.24) is 4.90 Å². The summed E-state index contributed by atoms with van der Waals surface area (Å²) in [4.78, 5) is 15.3. The number of benzene rings is 2. The third kappa shape index (κ3) is 5.42. The van der Waals surface area contributed by atoms with E-state index in [0.717, 1.165) is 43.7 Å². The molecule has 150 valence electrons. The van der Waals surface area contributed by atoms with Crippen molar-refractivity contribution in [1.29, 1.82) is 0 Å². The van der Waals surface area contributed by atoms with Crippen molar-refractivity contribution in [3.8, 4) is 0 Å². The molecule has 0 aliphatic carbocycles. The molecule has 8 heteroatoms. The molecule has 3 rings (SSSR count). The summed E-state index contributed by atoms with van der Waals surface area (Å²) >= 11 is 1.55. The first-order valence-corrected chi connectivity index (χ1v) is 12.0. The average molecular weight is 420 g/mol. The summed E-state index contributed by atoms with van der Waals surface area (Å²) in [5.74, 6) is 0. The molecule has 2 aromatic carbocycles. The van der Waals surface area contributed by atoms with E-state index >= 15 is 0 Å². The maximum Gasteiger partial charge on any atom is 0.321 e. The van der Waals surface area contributed by atoms with Crippen molar-refractivity contribution in [2.24, 2.45) is 0 Å². The van der Waals surface area contributed by atoms with Gasteiger partial charge in [-0.2, -0.15) is 0 Å². The van der Waals surface area contributed by atoms with Gasteiger partial charge in [0.15, 0.2) is 0 Å². The van der Waals surface area contributed by atoms with Crippen LogP contribution in [-0.4, -0.2) is 38.7 Å². The highest BCUT2D eigenvalue weighted by Crippen LogP contribution is 2.22. The Labute approximate surface area is 170 Å². The molecule has 0 saturated carbocycles. The van der Waals surface area contributed by atoms with Crippen LogP contribution < -0.4 is 10.0 Å². The summed E-state index contributed by atoms with van der Waals surface area (Å²) < 4.78 is 27.8. The zero-order valence-electron chi connectivity index (χ0n) is 15.8. The van der Waals surface area contributed by atoms with E-state index in [2.05, 4.69) is 10.0 Å². The van der Waals surface area contributed by atoms with Gasteiger partial charge < -0.3 is 10.2 Å². The van der Waals surface area contributed by atoms with Gasteiger partial charge in [0.25, 0.3) is 10.0 Å². The Hall–Kier alpha value is -2.19. The average Bonchev–Trinajstić information content (AvgIpc) is 2.98. The van der Waals surface area contributed by atoms with Crippen LogP contribution in [0.2, 0.25) is 0 Å². The molecule has 0 spiro atoms. The van der Waals surface area contributed by atoms with Crippen molar-refractivity contribution < 1.29 is 13.2 Å². The molecule has 2 aromatic rings. The number of amides is 2. The lowest BCUT2D eigenvalue weighted by Crippen LogP contribution is -2.35. The number of nitrogens with zero attached hydrogens (tertiary/aromatic N) is 1. The number of hydrogen-bond donors (Lipinski definition) is 2. The highest BCUT2D eigenvalue weighted by atomic mass is 32.2. The van der Waals surface area contributed by atoms with E-state index in [1.807, 2.05) is 23.3 Å². The molecule has 1 heterocycles. The van der Waals surface area contributed by atoms with E-state index in [-0.39, 0.29) is 10.9 Å². The first-order valence-electron chi connectivity index (χ1n) is 9.31. The number of urea groups is 1. The van der Waals surface area contributed by atoms with Gasteiger partial charge in [-0.25, -0.2) is 13.2 Å². The number of thioether (sulfide) groups is 1. The van der Waals surface area contributed by atoms with Crippen molar-refractivity contribution in [2.75, 3.05) is 29.4 Å². The number of nitrogens with one attached hydrogen (secondary N) is 2. The third-order valence-electron chi connectivity index (χ3n) is 4.63. The van der Waals surface area contributed by atoms with Gasteiger partial charge in [0.1, 0.15) is 0 Å². The maximum atomic E-state index is 12.6. The van der Waals surface area contributed by atoms with Gasteiger partial charge in [0.05, 0.1) is 4.90 Å². The second-order valence-corrected chi connectivity index (χ2v) is 9.26. The van der Waals surface area contributed by atoms with Crippen LogP contribution in [0.15, 0.2) is 58.3 Å². The number of sulfonamides is 1. The Bertz CT molecular complexity index is 907. The first-order chi connectivity index (χ1) is 13.5. The van der Waals surface area contributed by atoms with Crippen molar-refractivity contribution in [3.63, 3.8) is 0 Å². The molecule has 2 amide bonds. The highest BCUT2D eigenvalue weighted by molar-refractivity contribution is 7.98. The SMILES string of the molecule is CSc1cccc(NS(=O)(=O)c2ccc(NC(=O)N3CCCCCC3)cc2)c1. The fourth-order valence-corrected chi connectivity index (χ4v) is 4.60. The number of likely N-dealkylation sites (tertiary alicyclic amines) is 1. The zero-order chi connectivity index (χ0) is 20.0. The lowest BCUT2D eigenvalue weighted by atomic mass is 10.2. The number of anilines is 2. The van der Waals surface area contributed by atoms with Gasteiger partial charge in [-0.05, 0) is 61.6 Å². The normalized spacial score (nSPS) is 15.0. The Kier molecular flexibility index (Phi) is 6.85. The van der Waals surface area contributed by atoms with E-state index in [0.29, 0.717) is 11.4 Å². The molecule has 1 saturated heterocycles. The molecule has 1 fully saturated rings. The third-order valence-corrected chi connectivity index (χ3v) is 6.75. The van der Waals surface area contributed by atoms with E-state index in [4.69, 9.17) is 0 Å². The van der Waals surface area contributed by atoms with Crippen molar-refractivity contribution >= 4 is 39.2 Å². The molecule has 6 nitrogen and oxygen atoms in total. The Balaban J connectivity index is 1.66. The smallest absolute Gasteiger partial charge is 0.321 e. The lowest BCUT2D eigenvalue weighted by molar-refractivity contribution is 0.214. The predicted molar refractivity (Wildman–Crippen MR) is 115 cm³/mol. The van der Waals surface area contributed by atoms with Gasteiger partial charge in [-0.15, -0.1) is 11.8 Å². The summed E-state index contributed by atoms with van der Waals surface area (Å²) in [5.41, 5.74) is 1.10. The van der Waals surface area contributed by atoms with E-state index < -0.39 is 10.0 Å². The van der Waals surface area contributed by atoms with Crippen LogP contribution in [0.5, 0.6) is 0 Å². The van der Waals surface area contributed by atoms with Gasteiger partial charge in [-0.3, -0.25) is 4.72 Å². The molecule has 1 aliphatic heterocycles. The van der Waals surface area contributed by atoms with Gasteiger partial charge >= 0.3 is 6.03 Å². The van der Waals surface area contributed by atoms with E-state index in [9.17, 15) is 13.2 Å². The number of carbonyl (C=O) groups is 1. The minimum Gasteiger partial charge on any atom is -0.325 e. The van der Waals surface area contributed by atoms with E-state index in [1.165, 1.54) is 12.1 Å². The monoisotopic (exact) mass is 419 g/mol. The van der Waals surface area contributed by atoms with Crippen molar-refractivity contribution in [3.05, 3.63) is 48.5 Å². The van der Waals surface area contributed by atoms with Crippen LogP contribution in [0.25, 0.3) is 0 Å². The Morgan fingerprint density at radius 2 is 1.64 bits per heavy atom. The topological polar surface area (TPSA) is 78.5 Å². The minimum atomic E-state index is -3.69. The summed E-state index contributed by atoms with van der Waals surface area (Å²) in [5, 5.41) is 2.85. The molecule has 0 unspecified atom stereocenters. The van der Waals surface area contributed by atoms with E-state index in [1.54, 1.807) is 36.0 Å².